The van der Waals surface area contributed by atoms with Crippen LogP contribution in [0.2, 0.25) is 0 Å². The predicted molar refractivity (Wildman–Crippen MR) is 133 cm³/mol. The van der Waals surface area contributed by atoms with Gasteiger partial charge in [-0.15, -0.1) is 0 Å². The van der Waals surface area contributed by atoms with Gasteiger partial charge < -0.3 is 20.0 Å². The highest BCUT2D eigenvalue weighted by Gasteiger charge is 2.47. The number of halogens is 5. The Morgan fingerprint density at radius 1 is 1.23 bits per heavy atom. The van der Waals surface area contributed by atoms with Gasteiger partial charge >= 0.3 is 12.2 Å². The van der Waals surface area contributed by atoms with Crippen molar-refractivity contribution in [3.8, 4) is 0 Å². The van der Waals surface area contributed by atoms with Gasteiger partial charge in [-0.1, -0.05) is 6.07 Å². The zero-order valence-electron chi connectivity index (χ0n) is 21.8. The summed E-state index contributed by atoms with van der Waals surface area (Å²) >= 11 is 0. The van der Waals surface area contributed by atoms with E-state index in [1.807, 2.05) is 19.2 Å². The summed E-state index contributed by atoms with van der Waals surface area (Å²) < 4.78 is 74.5. The molecule has 3 heterocycles. The van der Waals surface area contributed by atoms with Gasteiger partial charge in [0.25, 0.3) is 5.91 Å². The van der Waals surface area contributed by atoms with Gasteiger partial charge in [0, 0.05) is 31.6 Å². The Bertz CT molecular complexity index is 1390. The molecule has 2 atom stereocenters. The van der Waals surface area contributed by atoms with Gasteiger partial charge in [0.15, 0.2) is 5.58 Å². The molecule has 2 aromatic heterocycles. The number of rotatable bonds is 7. The summed E-state index contributed by atoms with van der Waals surface area (Å²) in [6.07, 6.45) is -3.40. The van der Waals surface area contributed by atoms with Crippen LogP contribution in [-0.2, 0) is 6.54 Å². The highest BCUT2D eigenvalue weighted by atomic mass is 19.4. The van der Waals surface area contributed by atoms with Crippen LogP contribution in [0.3, 0.4) is 0 Å². The SMILES string of the molecule is CC(C)n1nccc1C(=O)N[C@H](c1nc2cc(CN3C[C@@H](C(F)(F)F)NC3=O)ccc2o1)C1CCC(F)(F)CC1. The topological polar surface area (TPSA) is 105 Å². The molecule has 3 amide bonds. The first-order chi connectivity index (χ1) is 18.8. The van der Waals surface area contributed by atoms with Crippen LogP contribution < -0.4 is 10.6 Å². The molecular weight excluding hydrogens is 539 g/mol. The molecule has 1 aliphatic heterocycles. The average molecular weight is 569 g/mol. The summed E-state index contributed by atoms with van der Waals surface area (Å²) in [4.78, 5) is 30.9. The van der Waals surface area contributed by atoms with Crippen LogP contribution in [0.5, 0.6) is 0 Å². The van der Waals surface area contributed by atoms with Gasteiger partial charge in [0.05, 0.1) is 6.54 Å². The lowest BCUT2D eigenvalue weighted by atomic mass is 9.82. The number of alkyl halides is 5. The molecule has 2 N–H and O–H groups in total. The maximum absolute atomic E-state index is 13.9. The first-order valence-corrected chi connectivity index (χ1v) is 13.0. The molecule has 216 valence electrons. The number of carbonyl (C=O) groups is 2. The highest BCUT2D eigenvalue weighted by Crippen LogP contribution is 2.42. The van der Waals surface area contributed by atoms with E-state index < -0.39 is 42.7 Å². The van der Waals surface area contributed by atoms with Crippen LogP contribution in [0.15, 0.2) is 34.9 Å². The summed E-state index contributed by atoms with van der Waals surface area (Å²) in [7, 11) is 0. The van der Waals surface area contributed by atoms with Crippen LogP contribution in [-0.4, -0.2) is 56.3 Å². The quantitative estimate of drug-likeness (QED) is 0.374. The van der Waals surface area contributed by atoms with E-state index in [1.54, 1.807) is 28.9 Å². The fourth-order valence-electron chi connectivity index (χ4n) is 5.25. The van der Waals surface area contributed by atoms with Crippen molar-refractivity contribution in [1.29, 1.82) is 0 Å². The van der Waals surface area contributed by atoms with Crippen molar-refractivity contribution in [3.05, 3.63) is 47.6 Å². The van der Waals surface area contributed by atoms with Gasteiger partial charge in [-0.05, 0) is 56.4 Å². The molecule has 0 unspecified atom stereocenters. The first kappa shape index (κ1) is 27.8. The minimum Gasteiger partial charge on any atom is -0.438 e. The van der Waals surface area contributed by atoms with Crippen LogP contribution in [0.25, 0.3) is 11.1 Å². The Kier molecular flexibility index (Phi) is 7.21. The molecule has 5 rings (SSSR count). The molecule has 0 spiro atoms. The summed E-state index contributed by atoms with van der Waals surface area (Å²) in [5.74, 6) is -3.44. The van der Waals surface area contributed by atoms with E-state index in [0.29, 0.717) is 22.4 Å². The number of aromatic nitrogens is 3. The second kappa shape index (κ2) is 10.4. The molecule has 1 saturated heterocycles. The maximum Gasteiger partial charge on any atom is 0.410 e. The first-order valence-electron chi connectivity index (χ1n) is 13.0. The molecule has 3 aromatic rings. The van der Waals surface area contributed by atoms with Gasteiger partial charge in [-0.3, -0.25) is 9.48 Å². The van der Waals surface area contributed by atoms with Gasteiger partial charge in [-0.25, -0.2) is 18.6 Å². The number of hydrogen-bond acceptors (Lipinski definition) is 5. The second-order valence-electron chi connectivity index (χ2n) is 10.7. The third-order valence-corrected chi connectivity index (χ3v) is 7.40. The number of carbonyl (C=O) groups excluding carboxylic acids is 2. The van der Waals surface area contributed by atoms with E-state index in [4.69, 9.17) is 4.42 Å². The van der Waals surface area contributed by atoms with Crippen molar-refractivity contribution in [2.75, 3.05) is 6.54 Å². The average Bonchev–Trinajstić information content (AvgIpc) is 3.61. The smallest absolute Gasteiger partial charge is 0.410 e. The number of amides is 3. The number of oxazole rings is 1. The zero-order valence-corrected chi connectivity index (χ0v) is 21.8. The van der Waals surface area contributed by atoms with Crippen molar-refractivity contribution in [2.24, 2.45) is 5.92 Å². The fraction of sp³-hybridized carbons (Fsp3) is 0.538. The Morgan fingerprint density at radius 2 is 1.95 bits per heavy atom. The molecule has 1 aliphatic carbocycles. The van der Waals surface area contributed by atoms with Gasteiger partial charge in [0.1, 0.15) is 23.3 Å². The molecule has 2 aliphatic rings. The van der Waals surface area contributed by atoms with Crippen molar-refractivity contribution in [3.63, 3.8) is 0 Å². The number of nitrogens with one attached hydrogen (secondary N) is 2. The van der Waals surface area contributed by atoms with E-state index in [-0.39, 0.29) is 50.1 Å². The van der Waals surface area contributed by atoms with Gasteiger partial charge in [0.2, 0.25) is 11.8 Å². The standard InChI is InChI=1S/C26H29F5N6O3/c1-14(2)37-18(7-10-32-37)22(38)35-21(16-5-8-25(27,28)9-6-16)23-33-17-11-15(3-4-19(17)40-23)12-36-13-20(26(29,30)31)34-24(36)39/h3-4,7,10-11,14,16,20-21H,5-6,8-9,12-13H2,1-2H3,(H,34,39)(H,35,38)/t20-,21-/m0/s1. The second-order valence-corrected chi connectivity index (χ2v) is 10.7. The molecule has 14 heteroatoms. The molecule has 1 saturated carbocycles. The largest absolute Gasteiger partial charge is 0.438 e. The van der Waals surface area contributed by atoms with E-state index in [2.05, 4.69) is 15.4 Å². The fourth-order valence-corrected chi connectivity index (χ4v) is 5.25. The monoisotopic (exact) mass is 568 g/mol. The van der Waals surface area contributed by atoms with E-state index in [9.17, 15) is 31.5 Å². The van der Waals surface area contributed by atoms with Crippen LogP contribution in [0.4, 0.5) is 26.7 Å². The molecule has 9 nitrogen and oxygen atoms in total. The molecule has 0 radical (unpaired) electrons. The molecular formula is C26H29F5N6O3. The normalized spacial score (nSPS) is 20.8. The number of benzene rings is 1. The van der Waals surface area contributed by atoms with Gasteiger partial charge in [-0.2, -0.15) is 18.3 Å². The number of hydrogen-bond donors (Lipinski definition) is 2. The maximum atomic E-state index is 13.9. The Hall–Kier alpha value is -3.71. The van der Waals surface area contributed by atoms with Crippen LogP contribution >= 0.6 is 0 Å². The number of urea groups is 1. The Balaban J connectivity index is 1.39. The molecule has 1 aromatic carbocycles. The Labute approximate surface area is 226 Å². The van der Waals surface area contributed by atoms with Crippen molar-refractivity contribution < 1.29 is 36.0 Å². The highest BCUT2D eigenvalue weighted by molar-refractivity contribution is 5.92. The lowest BCUT2D eigenvalue weighted by Crippen LogP contribution is -2.40. The lowest BCUT2D eigenvalue weighted by molar-refractivity contribution is -0.149. The number of fused-ring (bicyclic) bond motifs is 1. The summed E-state index contributed by atoms with van der Waals surface area (Å²) in [5, 5.41) is 9.03. The summed E-state index contributed by atoms with van der Waals surface area (Å²) in [5.41, 5.74) is 1.56. The third-order valence-electron chi connectivity index (χ3n) is 7.40. The summed E-state index contributed by atoms with van der Waals surface area (Å²) in [6, 6.07) is 2.71. The minimum absolute atomic E-state index is 0.0758. The Morgan fingerprint density at radius 3 is 2.60 bits per heavy atom. The zero-order chi connectivity index (χ0) is 28.8. The van der Waals surface area contributed by atoms with E-state index in [1.165, 1.54) is 6.20 Å². The molecule has 40 heavy (non-hydrogen) atoms. The molecule has 2 fully saturated rings. The van der Waals surface area contributed by atoms with E-state index in [0.717, 1.165) is 4.90 Å². The molecule has 0 bridgehead atoms. The van der Waals surface area contributed by atoms with Crippen molar-refractivity contribution in [2.45, 2.75) is 76.3 Å². The lowest BCUT2D eigenvalue weighted by Gasteiger charge is -2.32. The van der Waals surface area contributed by atoms with E-state index >= 15 is 0 Å². The minimum atomic E-state index is -4.55. The third kappa shape index (κ3) is 5.75. The van der Waals surface area contributed by atoms with Crippen molar-refractivity contribution in [1.82, 2.24) is 30.3 Å². The number of nitrogens with zero attached hydrogens (tertiary/aromatic N) is 4. The predicted octanol–water partition coefficient (Wildman–Crippen LogP) is 5.36. The summed E-state index contributed by atoms with van der Waals surface area (Å²) in [6.45, 7) is 3.15. The van der Waals surface area contributed by atoms with Crippen LogP contribution in [0, 0.1) is 5.92 Å². The van der Waals surface area contributed by atoms with Crippen LogP contribution in [0.1, 0.15) is 73.6 Å². The van der Waals surface area contributed by atoms with Crippen molar-refractivity contribution >= 4 is 23.0 Å².